The molecule has 0 saturated carbocycles. The normalized spacial score (nSPS) is 12.2. The summed E-state index contributed by atoms with van der Waals surface area (Å²) in [5.41, 5.74) is 0. The summed E-state index contributed by atoms with van der Waals surface area (Å²) in [5.74, 6) is -0.0798. The van der Waals surface area contributed by atoms with E-state index in [1.807, 2.05) is 0 Å². The van der Waals surface area contributed by atoms with Crippen LogP contribution in [-0.2, 0) is 19.0 Å². The Bertz CT molecular complexity index is 495. The molecule has 4 heteroatoms. The van der Waals surface area contributed by atoms with Crippen LogP contribution in [0.2, 0.25) is 0 Å². The van der Waals surface area contributed by atoms with Gasteiger partial charge in [0.2, 0.25) is 0 Å². The summed E-state index contributed by atoms with van der Waals surface area (Å²) in [6.07, 6.45) is 35.5. The van der Waals surface area contributed by atoms with Gasteiger partial charge in [0.15, 0.2) is 0 Å². The first-order chi connectivity index (χ1) is 20.2. The van der Waals surface area contributed by atoms with Gasteiger partial charge in [-0.25, -0.2) is 0 Å². The number of hydrogen-bond donors (Lipinski definition) is 0. The van der Waals surface area contributed by atoms with Crippen LogP contribution < -0.4 is 0 Å². The van der Waals surface area contributed by atoms with Gasteiger partial charge in [-0.15, -0.1) is 0 Å². The van der Waals surface area contributed by atoms with Gasteiger partial charge in [-0.1, -0.05) is 175 Å². The topological polar surface area (TPSA) is 44.8 Å². The fourth-order valence-electron chi connectivity index (χ4n) is 5.37. The number of unbranched alkanes of at least 4 members (excludes halogenated alkanes) is 24. The van der Waals surface area contributed by atoms with E-state index in [4.69, 9.17) is 14.2 Å². The highest BCUT2D eigenvalue weighted by molar-refractivity contribution is 5.69. The molecule has 0 spiro atoms. The molecule has 0 amide bonds. The Kier molecular flexibility index (Phi) is 35.1. The van der Waals surface area contributed by atoms with Crippen molar-refractivity contribution < 1.29 is 19.0 Å². The predicted molar refractivity (Wildman–Crippen MR) is 178 cm³/mol. The van der Waals surface area contributed by atoms with E-state index in [-0.39, 0.29) is 12.1 Å². The lowest BCUT2D eigenvalue weighted by Gasteiger charge is -2.18. The quantitative estimate of drug-likeness (QED) is 0.0550. The second-order valence-electron chi connectivity index (χ2n) is 12.5. The van der Waals surface area contributed by atoms with Crippen molar-refractivity contribution >= 4 is 5.97 Å². The minimum Gasteiger partial charge on any atom is -0.463 e. The van der Waals surface area contributed by atoms with Crippen molar-refractivity contribution in [2.24, 2.45) is 0 Å². The maximum absolute atomic E-state index is 12.3. The van der Waals surface area contributed by atoms with Crippen LogP contribution in [0.1, 0.15) is 201 Å². The van der Waals surface area contributed by atoms with E-state index >= 15 is 0 Å². The maximum atomic E-state index is 12.3. The largest absolute Gasteiger partial charge is 0.463 e. The van der Waals surface area contributed by atoms with Crippen molar-refractivity contribution in [2.75, 3.05) is 26.4 Å². The molecular formula is C37H74O4. The molecule has 0 aromatic carbocycles. The first kappa shape index (κ1) is 40.4. The molecule has 0 aromatic rings. The van der Waals surface area contributed by atoms with Crippen molar-refractivity contribution in [1.82, 2.24) is 0 Å². The Morgan fingerprint density at radius 2 is 0.805 bits per heavy atom. The first-order valence-electron chi connectivity index (χ1n) is 18.6. The molecule has 246 valence electrons. The smallest absolute Gasteiger partial charge is 0.305 e. The van der Waals surface area contributed by atoms with Crippen LogP contribution in [-0.4, -0.2) is 38.5 Å². The highest BCUT2D eigenvalue weighted by Crippen LogP contribution is 2.14. The molecule has 41 heavy (non-hydrogen) atoms. The van der Waals surface area contributed by atoms with Crippen LogP contribution in [0.5, 0.6) is 0 Å². The summed E-state index contributed by atoms with van der Waals surface area (Å²) in [4.78, 5) is 12.3. The first-order valence-corrected chi connectivity index (χ1v) is 18.6. The van der Waals surface area contributed by atoms with E-state index < -0.39 is 0 Å². The molecular weight excluding hydrogens is 508 g/mol. The van der Waals surface area contributed by atoms with Gasteiger partial charge in [0.25, 0.3) is 0 Å². The summed E-state index contributed by atoms with van der Waals surface area (Å²) in [5, 5.41) is 0. The van der Waals surface area contributed by atoms with Gasteiger partial charge in [-0.2, -0.15) is 0 Å². The third-order valence-corrected chi connectivity index (χ3v) is 8.21. The molecule has 0 aliphatic rings. The molecule has 0 saturated heterocycles. The van der Waals surface area contributed by atoms with Crippen LogP contribution in [0.15, 0.2) is 0 Å². The number of carbonyl (C=O) groups excluding carboxylic acids is 1. The van der Waals surface area contributed by atoms with Gasteiger partial charge in [0.05, 0.1) is 6.61 Å². The molecule has 0 aromatic heterocycles. The van der Waals surface area contributed by atoms with Crippen LogP contribution >= 0.6 is 0 Å². The average Bonchev–Trinajstić information content (AvgIpc) is 2.98. The van der Waals surface area contributed by atoms with Crippen LogP contribution in [0.4, 0.5) is 0 Å². The van der Waals surface area contributed by atoms with E-state index in [1.54, 1.807) is 0 Å². The van der Waals surface area contributed by atoms with Gasteiger partial charge in [0, 0.05) is 19.6 Å². The van der Waals surface area contributed by atoms with E-state index in [0.717, 1.165) is 38.9 Å². The highest BCUT2D eigenvalue weighted by Gasteiger charge is 2.13. The van der Waals surface area contributed by atoms with E-state index in [2.05, 4.69) is 20.8 Å². The Labute approximate surface area is 257 Å². The van der Waals surface area contributed by atoms with E-state index in [1.165, 1.54) is 148 Å². The van der Waals surface area contributed by atoms with Crippen molar-refractivity contribution in [3.63, 3.8) is 0 Å². The number of hydrogen-bond acceptors (Lipinski definition) is 4. The van der Waals surface area contributed by atoms with Gasteiger partial charge in [0.1, 0.15) is 12.7 Å². The van der Waals surface area contributed by atoms with Gasteiger partial charge >= 0.3 is 5.97 Å². The summed E-state index contributed by atoms with van der Waals surface area (Å²) >= 11 is 0. The van der Waals surface area contributed by atoms with Gasteiger partial charge in [-0.05, 0) is 19.3 Å². The lowest BCUT2D eigenvalue weighted by molar-refractivity contribution is -0.150. The lowest BCUT2D eigenvalue weighted by atomic mass is 10.0. The molecule has 0 aliphatic carbocycles. The second-order valence-corrected chi connectivity index (χ2v) is 12.5. The Morgan fingerprint density at radius 3 is 1.24 bits per heavy atom. The number of esters is 1. The molecule has 0 rings (SSSR count). The monoisotopic (exact) mass is 583 g/mol. The van der Waals surface area contributed by atoms with Crippen molar-refractivity contribution in [3.8, 4) is 0 Å². The summed E-state index contributed by atoms with van der Waals surface area (Å²) in [6.45, 7) is 9.14. The molecule has 0 fully saturated rings. The zero-order chi connectivity index (χ0) is 29.9. The summed E-state index contributed by atoms with van der Waals surface area (Å²) in [6, 6.07) is 0. The van der Waals surface area contributed by atoms with Crippen LogP contribution in [0.25, 0.3) is 0 Å². The van der Waals surface area contributed by atoms with Crippen molar-refractivity contribution in [1.29, 1.82) is 0 Å². The summed E-state index contributed by atoms with van der Waals surface area (Å²) in [7, 11) is 0. The predicted octanol–water partition coefficient (Wildman–Crippen LogP) is 11.9. The van der Waals surface area contributed by atoms with E-state index in [0.29, 0.717) is 19.6 Å². The zero-order valence-corrected chi connectivity index (χ0v) is 28.3. The Balaban J connectivity index is 3.84. The summed E-state index contributed by atoms with van der Waals surface area (Å²) < 4.78 is 17.6. The SMILES string of the molecule is CCCCCCCCCCCCCCCCCC(=O)OCC(COCCCCCCCC)OCCCCCCCC. The van der Waals surface area contributed by atoms with E-state index in [9.17, 15) is 4.79 Å². The average molecular weight is 583 g/mol. The molecule has 0 N–H and O–H groups in total. The van der Waals surface area contributed by atoms with Gasteiger partial charge in [-0.3, -0.25) is 4.79 Å². The molecule has 1 unspecified atom stereocenters. The van der Waals surface area contributed by atoms with Crippen molar-refractivity contribution in [3.05, 3.63) is 0 Å². The third-order valence-electron chi connectivity index (χ3n) is 8.21. The molecule has 0 radical (unpaired) electrons. The second kappa shape index (κ2) is 35.6. The maximum Gasteiger partial charge on any atom is 0.305 e. The third kappa shape index (κ3) is 33.8. The number of carbonyl (C=O) groups is 1. The molecule has 0 aliphatic heterocycles. The Morgan fingerprint density at radius 1 is 0.439 bits per heavy atom. The minimum atomic E-state index is -0.143. The lowest BCUT2D eigenvalue weighted by Crippen LogP contribution is -2.28. The highest BCUT2D eigenvalue weighted by atomic mass is 16.6. The number of rotatable bonds is 35. The number of ether oxygens (including phenoxy) is 3. The molecule has 0 heterocycles. The molecule has 4 nitrogen and oxygen atoms in total. The Hall–Kier alpha value is -0.610. The zero-order valence-electron chi connectivity index (χ0n) is 28.3. The molecule has 0 bridgehead atoms. The van der Waals surface area contributed by atoms with Crippen LogP contribution in [0.3, 0.4) is 0 Å². The standard InChI is InChI=1S/C37H74O4/c1-4-7-10-13-16-17-18-19-20-21-22-23-24-25-28-31-37(38)41-35-36(40-33-30-27-15-12-9-6-3)34-39-32-29-26-14-11-8-5-2/h36H,4-35H2,1-3H3. The van der Waals surface area contributed by atoms with Crippen LogP contribution in [0, 0.1) is 0 Å². The fourth-order valence-corrected chi connectivity index (χ4v) is 5.37. The molecule has 1 atom stereocenters. The minimum absolute atomic E-state index is 0.0798. The van der Waals surface area contributed by atoms with Gasteiger partial charge < -0.3 is 14.2 Å². The fraction of sp³-hybridized carbons (Fsp3) is 0.973. The van der Waals surface area contributed by atoms with Crippen molar-refractivity contribution in [2.45, 2.75) is 207 Å².